The molecule has 0 amide bonds. The summed E-state index contributed by atoms with van der Waals surface area (Å²) < 4.78 is 14.4. The van der Waals surface area contributed by atoms with Crippen LogP contribution in [0.3, 0.4) is 0 Å². The van der Waals surface area contributed by atoms with Crippen molar-refractivity contribution < 1.29 is 9.50 Å². The predicted octanol–water partition coefficient (Wildman–Crippen LogP) is 4.35. The van der Waals surface area contributed by atoms with Crippen molar-refractivity contribution in [1.82, 2.24) is 0 Å². The Bertz CT molecular complexity index is 591. The summed E-state index contributed by atoms with van der Waals surface area (Å²) in [5.74, 6) is -0.0211. The summed E-state index contributed by atoms with van der Waals surface area (Å²) >= 11 is 3.31. The first kappa shape index (κ1) is 12.8. The first-order chi connectivity index (χ1) is 9.16. The molecule has 1 aliphatic rings. The quantitative estimate of drug-likeness (QED) is 0.891. The minimum absolute atomic E-state index is 0.331. The average molecular weight is 321 g/mol. The first-order valence-electron chi connectivity index (χ1n) is 6.36. The fourth-order valence-electron chi connectivity index (χ4n) is 2.79. The van der Waals surface area contributed by atoms with Gasteiger partial charge in [0.05, 0.1) is 6.10 Å². The van der Waals surface area contributed by atoms with Gasteiger partial charge in [0, 0.05) is 10.0 Å². The van der Waals surface area contributed by atoms with E-state index in [1.165, 1.54) is 17.2 Å². The number of fused-ring (bicyclic) bond motifs is 1. The maximum absolute atomic E-state index is 13.8. The lowest BCUT2D eigenvalue weighted by Gasteiger charge is -2.32. The zero-order chi connectivity index (χ0) is 13.4. The second kappa shape index (κ2) is 5.06. The van der Waals surface area contributed by atoms with Gasteiger partial charge in [-0.05, 0) is 42.0 Å². The fraction of sp³-hybridized carbons (Fsp3) is 0.250. The largest absolute Gasteiger partial charge is 0.388 e. The van der Waals surface area contributed by atoms with E-state index in [-0.39, 0.29) is 5.82 Å². The lowest BCUT2D eigenvalue weighted by Crippen LogP contribution is -2.19. The van der Waals surface area contributed by atoms with Crippen molar-refractivity contribution >= 4 is 15.9 Å². The second-order valence-corrected chi connectivity index (χ2v) is 5.84. The highest BCUT2D eigenvalue weighted by molar-refractivity contribution is 9.10. The molecule has 0 radical (unpaired) electrons. The summed E-state index contributed by atoms with van der Waals surface area (Å²) in [6.07, 6.45) is 0.768. The third kappa shape index (κ3) is 2.33. The highest BCUT2D eigenvalue weighted by atomic mass is 79.9. The summed E-state index contributed by atoms with van der Waals surface area (Å²) in [5, 5.41) is 10.3. The minimum atomic E-state index is -0.770. The highest BCUT2D eigenvalue weighted by Gasteiger charge is 2.29. The molecule has 2 aromatic carbocycles. The molecule has 0 saturated carbocycles. The van der Waals surface area contributed by atoms with Gasteiger partial charge >= 0.3 is 0 Å². The summed E-state index contributed by atoms with van der Waals surface area (Å²) in [7, 11) is 0. The van der Waals surface area contributed by atoms with Crippen LogP contribution in [0.25, 0.3) is 0 Å². The van der Waals surface area contributed by atoms with Gasteiger partial charge in [-0.25, -0.2) is 4.39 Å². The number of rotatable bonds is 3. The summed E-state index contributed by atoms with van der Waals surface area (Å²) in [5.41, 5.74) is 2.99. The Balaban J connectivity index is 1.79. The Morgan fingerprint density at radius 2 is 2.00 bits per heavy atom. The number of benzene rings is 2. The Morgan fingerprint density at radius 3 is 2.74 bits per heavy atom. The van der Waals surface area contributed by atoms with Crippen molar-refractivity contribution in [2.75, 3.05) is 0 Å². The van der Waals surface area contributed by atoms with Crippen LogP contribution in [0.15, 0.2) is 46.9 Å². The fourth-order valence-corrected chi connectivity index (χ4v) is 3.40. The van der Waals surface area contributed by atoms with Crippen molar-refractivity contribution in [1.29, 1.82) is 0 Å². The lowest BCUT2D eigenvalue weighted by molar-refractivity contribution is 0.148. The molecule has 0 fully saturated rings. The van der Waals surface area contributed by atoms with E-state index >= 15 is 0 Å². The molecule has 98 valence electrons. The van der Waals surface area contributed by atoms with Crippen LogP contribution in [-0.2, 0) is 6.42 Å². The molecule has 0 saturated heterocycles. The third-order valence-corrected chi connectivity index (χ3v) is 4.49. The van der Waals surface area contributed by atoms with Crippen LogP contribution in [0.1, 0.15) is 35.1 Å². The number of aliphatic hydroxyl groups is 1. The van der Waals surface area contributed by atoms with Gasteiger partial charge in [0.2, 0.25) is 0 Å². The average Bonchev–Trinajstić information content (AvgIpc) is 2.36. The van der Waals surface area contributed by atoms with Gasteiger partial charge in [-0.2, -0.15) is 0 Å². The molecule has 3 rings (SSSR count). The van der Waals surface area contributed by atoms with Crippen molar-refractivity contribution in [3.05, 3.63) is 69.4 Å². The normalized spacial score (nSPS) is 18.6. The molecule has 2 atom stereocenters. The SMILES string of the molecule is OC(CC1Cc2ccccc21)c1c(F)cccc1Br. The van der Waals surface area contributed by atoms with Crippen LogP contribution >= 0.6 is 15.9 Å². The molecule has 1 N–H and O–H groups in total. The standard InChI is InChI=1S/C16H14BrFO/c17-13-6-3-7-14(18)16(13)15(19)9-11-8-10-4-1-2-5-12(10)11/h1-7,11,15,19H,8-9H2. The van der Waals surface area contributed by atoms with E-state index in [4.69, 9.17) is 0 Å². The Morgan fingerprint density at radius 1 is 1.21 bits per heavy atom. The zero-order valence-corrected chi connectivity index (χ0v) is 11.9. The van der Waals surface area contributed by atoms with Gasteiger partial charge in [0.25, 0.3) is 0 Å². The van der Waals surface area contributed by atoms with Crippen LogP contribution in [0.5, 0.6) is 0 Å². The van der Waals surface area contributed by atoms with Gasteiger partial charge < -0.3 is 5.11 Å². The van der Waals surface area contributed by atoms with Crippen molar-refractivity contribution in [3.63, 3.8) is 0 Å². The van der Waals surface area contributed by atoms with Gasteiger partial charge in [-0.3, -0.25) is 0 Å². The Hall–Kier alpha value is -1.19. The van der Waals surface area contributed by atoms with E-state index in [9.17, 15) is 9.50 Å². The van der Waals surface area contributed by atoms with Crippen LogP contribution in [-0.4, -0.2) is 5.11 Å². The maximum Gasteiger partial charge on any atom is 0.130 e. The molecule has 0 heterocycles. The molecule has 2 aromatic rings. The Kier molecular flexibility index (Phi) is 3.42. The number of hydrogen-bond donors (Lipinski definition) is 1. The predicted molar refractivity (Wildman–Crippen MR) is 76.6 cm³/mol. The number of aliphatic hydroxyl groups excluding tert-OH is 1. The first-order valence-corrected chi connectivity index (χ1v) is 7.16. The molecule has 2 unspecified atom stereocenters. The highest BCUT2D eigenvalue weighted by Crippen LogP contribution is 2.42. The van der Waals surface area contributed by atoms with Crippen molar-refractivity contribution in [2.24, 2.45) is 0 Å². The van der Waals surface area contributed by atoms with E-state index in [1.54, 1.807) is 12.1 Å². The van der Waals surface area contributed by atoms with Gasteiger partial charge in [-0.15, -0.1) is 0 Å². The molecular formula is C16H14BrFO. The molecule has 1 aliphatic carbocycles. The summed E-state index contributed by atoms with van der Waals surface area (Å²) in [4.78, 5) is 0. The maximum atomic E-state index is 13.8. The molecular weight excluding hydrogens is 307 g/mol. The molecule has 0 bridgehead atoms. The van der Waals surface area contributed by atoms with Gasteiger partial charge in [-0.1, -0.05) is 46.3 Å². The molecule has 0 aromatic heterocycles. The lowest BCUT2D eigenvalue weighted by atomic mass is 9.74. The zero-order valence-electron chi connectivity index (χ0n) is 10.3. The van der Waals surface area contributed by atoms with E-state index in [2.05, 4.69) is 28.1 Å². The van der Waals surface area contributed by atoms with Crippen molar-refractivity contribution in [2.45, 2.75) is 24.9 Å². The van der Waals surface area contributed by atoms with E-state index in [0.29, 0.717) is 22.4 Å². The van der Waals surface area contributed by atoms with E-state index in [0.717, 1.165) is 6.42 Å². The van der Waals surface area contributed by atoms with E-state index < -0.39 is 6.10 Å². The molecule has 0 aliphatic heterocycles. The molecule has 1 nitrogen and oxygen atoms in total. The van der Waals surface area contributed by atoms with Gasteiger partial charge in [0.1, 0.15) is 5.82 Å². The third-order valence-electron chi connectivity index (χ3n) is 3.80. The number of hydrogen-bond acceptors (Lipinski definition) is 1. The van der Waals surface area contributed by atoms with Crippen LogP contribution in [0.2, 0.25) is 0 Å². The summed E-state index contributed by atoms with van der Waals surface area (Å²) in [6.45, 7) is 0. The van der Waals surface area contributed by atoms with E-state index in [1.807, 2.05) is 12.1 Å². The van der Waals surface area contributed by atoms with Crippen molar-refractivity contribution in [3.8, 4) is 0 Å². The molecule has 19 heavy (non-hydrogen) atoms. The van der Waals surface area contributed by atoms with Gasteiger partial charge in [0.15, 0.2) is 0 Å². The van der Waals surface area contributed by atoms with Crippen LogP contribution in [0, 0.1) is 5.82 Å². The molecule has 3 heteroatoms. The summed E-state index contributed by atoms with van der Waals surface area (Å²) in [6, 6.07) is 13.0. The smallest absolute Gasteiger partial charge is 0.130 e. The van der Waals surface area contributed by atoms with Crippen LogP contribution < -0.4 is 0 Å². The van der Waals surface area contributed by atoms with Crippen LogP contribution in [0.4, 0.5) is 4.39 Å². The number of halogens is 2. The topological polar surface area (TPSA) is 20.2 Å². The molecule has 0 spiro atoms. The minimum Gasteiger partial charge on any atom is -0.388 e. The monoisotopic (exact) mass is 320 g/mol. The Labute approximate surface area is 120 Å². The second-order valence-electron chi connectivity index (χ2n) is 4.99.